The largest absolute Gasteiger partial charge is 0.327 e. The maximum Gasteiger partial charge on any atom is 0.264 e. The molecule has 102 valence electrons. The van der Waals surface area contributed by atoms with Crippen molar-refractivity contribution in [2.75, 3.05) is 4.90 Å². The third kappa shape index (κ3) is 2.02. The quantitative estimate of drug-likeness (QED) is 0.877. The molecule has 1 aliphatic heterocycles. The van der Waals surface area contributed by atoms with E-state index in [1.807, 2.05) is 31.2 Å². The number of fused-ring (bicyclic) bond motifs is 1. The molecule has 20 heavy (non-hydrogen) atoms. The molecule has 0 saturated heterocycles. The zero-order valence-electron chi connectivity index (χ0n) is 10.9. The van der Waals surface area contributed by atoms with Crippen LogP contribution in [0.15, 0.2) is 41.3 Å². The molecule has 2 aromatic rings. The predicted molar refractivity (Wildman–Crippen MR) is 78.5 cm³/mol. The molecule has 1 amide bonds. The van der Waals surface area contributed by atoms with Gasteiger partial charge in [-0.25, -0.2) is 0 Å². The van der Waals surface area contributed by atoms with Crippen LogP contribution in [0.25, 0.3) is 0 Å². The lowest BCUT2D eigenvalue weighted by atomic mass is 10.1. The number of benzene rings is 1. The summed E-state index contributed by atoms with van der Waals surface area (Å²) in [4.78, 5) is 28.6. The van der Waals surface area contributed by atoms with Crippen LogP contribution in [0.5, 0.6) is 0 Å². The highest BCUT2D eigenvalue weighted by atomic mass is 35.5. The molecule has 1 unspecified atom stereocenters. The summed E-state index contributed by atoms with van der Waals surface area (Å²) in [7, 11) is 0. The Morgan fingerprint density at radius 2 is 2.15 bits per heavy atom. The lowest BCUT2D eigenvalue weighted by Crippen LogP contribution is -2.38. The van der Waals surface area contributed by atoms with Crippen molar-refractivity contribution in [1.82, 2.24) is 4.98 Å². The van der Waals surface area contributed by atoms with E-state index in [0.29, 0.717) is 5.02 Å². The van der Waals surface area contributed by atoms with Crippen molar-refractivity contribution in [2.45, 2.75) is 19.4 Å². The van der Waals surface area contributed by atoms with Crippen molar-refractivity contribution in [3.05, 3.63) is 63.0 Å². The van der Waals surface area contributed by atoms with E-state index in [1.54, 1.807) is 4.90 Å². The van der Waals surface area contributed by atoms with E-state index in [9.17, 15) is 9.59 Å². The maximum atomic E-state index is 12.6. The lowest BCUT2D eigenvalue weighted by Gasteiger charge is -2.22. The minimum absolute atomic E-state index is 0.0262. The topological polar surface area (TPSA) is 53.2 Å². The van der Waals surface area contributed by atoms with Crippen LogP contribution in [-0.2, 0) is 6.42 Å². The molecule has 1 aliphatic rings. The van der Waals surface area contributed by atoms with Crippen molar-refractivity contribution >= 4 is 23.2 Å². The van der Waals surface area contributed by atoms with E-state index in [-0.39, 0.29) is 17.5 Å². The number of rotatable bonds is 1. The average Bonchev–Trinajstić information content (AvgIpc) is 2.76. The van der Waals surface area contributed by atoms with E-state index in [2.05, 4.69) is 4.98 Å². The Labute approximate surface area is 121 Å². The zero-order valence-corrected chi connectivity index (χ0v) is 11.6. The van der Waals surface area contributed by atoms with Gasteiger partial charge in [-0.05, 0) is 31.0 Å². The second-order valence-corrected chi connectivity index (χ2v) is 5.35. The summed E-state index contributed by atoms with van der Waals surface area (Å²) in [6.07, 6.45) is 2.17. The smallest absolute Gasteiger partial charge is 0.264 e. The highest BCUT2D eigenvalue weighted by Crippen LogP contribution is 2.32. The second kappa shape index (κ2) is 4.80. The number of nitrogens with one attached hydrogen (secondary N) is 1. The number of halogens is 1. The molecule has 1 atom stereocenters. The number of anilines is 1. The van der Waals surface area contributed by atoms with Crippen molar-refractivity contribution in [1.29, 1.82) is 0 Å². The van der Waals surface area contributed by atoms with Gasteiger partial charge in [-0.3, -0.25) is 9.59 Å². The Morgan fingerprint density at radius 3 is 2.95 bits per heavy atom. The fourth-order valence-electron chi connectivity index (χ4n) is 2.62. The van der Waals surface area contributed by atoms with Gasteiger partial charge in [0.1, 0.15) is 5.56 Å². The van der Waals surface area contributed by atoms with Crippen molar-refractivity contribution in [2.24, 2.45) is 0 Å². The van der Waals surface area contributed by atoms with E-state index in [4.69, 9.17) is 11.6 Å². The first-order valence-electron chi connectivity index (χ1n) is 6.37. The van der Waals surface area contributed by atoms with Gasteiger partial charge in [0.15, 0.2) is 0 Å². The first-order valence-corrected chi connectivity index (χ1v) is 6.75. The molecule has 0 fully saturated rings. The summed E-state index contributed by atoms with van der Waals surface area (Å²) in [5.74, 6) is -0.314. The number of amides is 1. The molecule has 0 aliphatic carbocycles. The molecule has 2 heterocycles. The normalized spacial score (nSPS) is 17.1. The summed E-state index contributed by atoms with van der Waals surface area (Å²) in [5.41, 5.74) is 1.63. The number of para-hydroxylation sites is 1. The van der Waals surface area contributed by atoms with Gasteiger partial charge in [0.25, 0.3) is 11.5 Å². The molecular formula is C15H13ClN2O2. The molecule has 0 saturated carbocycles. The molecule has 3 rings (SSSR count). The number of carbonyl (C=O) groups excluding carboxylic acids is 1. The average molecular weight is 289 g/mol. The predicted octanol–water partition coefficient (Wildman–Crippen LogP) is 2.62. The molecule has 1 aromatic carbocycles. The van der Waals surface area contributed by atoms with Crippen LogP contribution < -0.4 is 10.5 Å². The second-order valence-electron chi connectivity index (χ2n) is 4.92. The van der Waals surface area contributed by atoms with Crippen LogP contribution in [0.4, 0.5) is 5.69 Å². The first kappa shape index (κ1) is 12.9. The molecule has 0 bridgehead atoms. The summed E-state index contributed by atoms with van der Waals surface area (Å²) in [5, 5.41) is 0.341. The van der Waals surface area contributed by atoms with E-state index in [1.165, 1.54) is 12.3 Å². The molecular weight excluding hydrogens is 276 g/mol. The Balaban J connectivity index is 2.07. The minimum Gasteiger partial charge on any atom is -0.327 e. The van der Waals surface area contributed by atoms with Crippen LogP contribution in [0, 0.1) is 0 Å². The van der Waals surface area contributed by atoms with Gasteiger partial charge in [-0.15, -0.1) is 0 Å². The molecule has 0 radical (unpaired) electrons. The van der Waals surface area contributed by atoms with Crippen LogP contribution in [0.1, 0.15) is 22.8 Å². The molecule has 1 N–H and O–H groups in total. The Morgan fingerprint density at radius 1 is 1.40 bits per heavy atom. The molecule has 4 nitrogen and oxygen atoms in total. The maximum absolute atomic E-state index is 12.6. The van der Waals surface area contributed by atoms with Gasteiger partial charge in [0.05, 0.1) is 5.02 Å². The summed E-state index contributed by atoms with van der Waals surface area (Å²) in [6.45, 7) is 1.97. The number of aromatic amines is 1. The highest BCUT2D eigenvalue weighted by Gasteiger charge is 2.32. The van der Waals surface area contributed by atoms with Gasteiger partial charge in [0.2, 0.25) is 0 Å². The van der Waals surface area contributed by atoms with Gasteiger partial charge >= 0.3 is 0 Å². The highest BCUT2D eigenvalue weighted by molar-refractivity contribution is 6.30. The zero-order chi connectivity index (χ0) is 14.3. The number of carbonyl (C=O) groups is 1. The summed E-state index contributed by atoms with van der Waals surface area (Å²) >= 11 is 5.86. The van der Waals surface area contributed by atoms with E-state index in [0.717, 1.165) is 17.7 Å². The number of H-pyrrole nitrogens is 1. The van der Waals surface area contributed by atoms with Crippen molar-refractivity contribution in [3.63, 3.8) is 0 Å². The van der Waals surface area contributed by atoms with Crippen LogP contribution in [0.2, 0.25) is 5.02 Å². The first-order chi connectivity index (χ1) is 9.58. The van der Waals surface area contributed by atoms with Gasteiger partial charge in [-0.1, -0.05) is 29.8 Å². The molecule has 5 heteroatoms. The lowest BCUT2D eigenvalue weighted by molar-refractivity contribution is 0.0980. The minimum atomic E-state index is -0.420. The third-order valence-electron chi connectivity index (χ3n) is 3.52. The Kier molecular flexibility index (Phi) is 3.10. The number of nitrogens with zero attached hydrogens (tertiary/aromatic N) is 1. The third-order valence-corrected chi connectivity index (χ3v) is 3.74. The van der Waals surface area contributed by atoms with E-state index >= 15 is 0 Å². The number of pyridine rings is 1. The molecule has 0 spiro atoms. The number of hydrogen-bond donors (Lipinski definition) is 1. The van der Waals surface area contributed by atoms with Crippen LogP contribution in [-0.4, -0.2) is 16.9 Å². The number of hydrogen-bond acceptors (Lipinski definition) is 2. The van der Waals surface area contributed by atoms with Crippen molar-refractivity contribution in [3.8, 4) is 0 Å². The van der Waals surface area contributed by atoms with Gasteiger partial charge < -0.3 is 9.88 Å². The monoisotopic (exact) mass is 288 g/mol. The standard InChI is InChI=1S/C15H13ClN2O2/c1-9-6-10-4-2-3-5-13(10)18(9)15(20)12-7-11(16)8-17-14(12)19/h2-5,7-9H,6H2,1H3,(H,17,19). The molecule has 1 aromatic heterocycles. The SMILES string of the molecule is CC1Cc2ccccc2N1C(=O)c1cc(Cl)c[nH]c1=O. The number of aromatic nitrogens is 1. The van der Waals surface area contributed by atoms with Crippen LogP contribution in [0.3, 0.4) is 0 Å². The van der Waals surface area contributed by atoms with Gasteiger partial charge in [-0.2, -0.15) is 0 Å². The summed E-state index contributed by atoms with van der Waals surface area (Å²) < 4.78 is 0. The van der Waals surface area contributed by atoms with E-state index < -0.39 is 5.56 Å². The Bertz CT molecular complexity index is 739. The summed E-state index contributed by atoms with van der Waals surface area (Å²) in [6, 6.07) is 9.18. The fourth-order valence-corrected chi connectivity index (χ4v) is 2.78. The Hall–Kier alpha value is -2.07. The van der Waals surface area contributed by atoms with Gasteiger partial charge in [0, 0.05) is 17.9 Å². The van der Waals surface area contributed by atoms with Crippen molar-refractivity contribution < 1.29 is 4.79 Å². The van der Waals surface area contributed by atoms with Crippen LogP contribution >= 0.6 is 11.6 Å². The fraction of sp³-hybridized carbons (Fsp3) is 0.200.